The number of anilines is 1. The molecule has 0 atom stereocenters. The van der Waals surface area contributed by atoms with Gasteiger partial charge in [0, 0.05) is 32.3 Å². The Bertz CT molecular complexity index is 425. The highest BCUT2D eigenvalue weighted by Gasteiger charge is 2.20. The van der Waals surface area contributed by atoms with E-state index in [1.165, 1.54) is 0 Å². The summed E-state index contributed by atoms with van der Waals surface area (Å²) in [6.45, 7) is 6.46. The number of pyridine rings is 1. The first-order valence-corrected chi connectivity index (χ1v) is 7.33. The minimum absolute atomic E-state index is 0.136. The number of allylic oxidation sites excluding steroid dienone is 1. The molecule has 4 nitrogen and oxygen atoms in total. The van der Waals surface area contributed by atoms with Crippen LogP contribution in [0.4, 0.5) is 5.82 Å². The van der Waals surface area contributed by atoms with Crippen LogP contribution in [0, 0.1) is 5.92 Å². The number of amides is 1. The number of hydrogen-bond donors (Lipinski definition) is 1. The molecule has 2 rings (SSSR count). The molecule has 0 unspecified atom stereocenters. The first-order chi connectivity index (χ1) is 9.79. The zero-order chi connectivity index (χ0) is 14.2. The summed E-state index contributed by atoms with van der Waals surface area (Å²) in [6, 6.07) is 6.01. The van der Waals surface area contributed by atoms with Gasteiger partial charge in [-0.1, -0.05) is 12.1 Å². The molecule has 1 amide bonds. The third-order valence-corrected chi connectivity index (χ3v) is 3.75. The number of rotatable bonds is 6. The predicted molar refractivity (Wildman–Crippen MR) is 81.6 cm³/mol. The molecule has 1 aromatic rings. The summed E-state index contributed by atoms with van der Waals surface area (Å²) in [5.74, 6) is 1.78. The largest absolute Gasteiger partial charge is 0.357 e. The van der Waals surface area contributed by atoms with Gasteiger partial charge in [-0.25, -0.2) is 4.98 Å². The monoisotopic (exact) mass is 273 g/mol. The maximum atomic E-state index is 11.6. The maximum Gasteiger partial charge on any atom is 0.220 e. The summed E-state index contributed by atoms with van der Waals surface area (Å²) in [5.41, 5.74) is 0. The van der Waals surface area contributed by atoms with Crippen molar-refractivity contribution < 1.29 is 4.79 Å². The van der Waals surface area contributed by atoms with Crippen molar-refractivity contribution in [1.82, 2.24) is 10.3 Å². The molecular weight excluding hydrogens is 250 g/mol. The SMILES string of the molecule is C=CCCC(=O)NCC1CCN(c2ccccn2)CC1. The summed E-state index contributed by atoms with van der Waals surface area (Å²) >= 11 is 0. The highest BCUT2D eigenvalue weighted by atomic mass is 16.1. The van der Waals surface area contributed by atoms with Gasteiger partial charge in [-0.05, 0) is 37.3 Å². The second kappa shape index (κ2) is 7.68. The molecule has 1 aliphatic heterocycles. The van der Waals surface area contributed by atoms with Gasteiger partial charge in [0.1, 0.15) is 5.82 Å². The molecule has 2 heterocycles. The van der Waals surface area contributed by atoms with E-state index in [2.05, 4.69) is 27.8 Å². The molecule has 1 N–H and O–H groups in total. The van der Waals surface area contributed by atoms with E-state index in [4.69, 9.17) is 0 Å². The lowest BCUT2D eigenvalue weighted by Gasteiger charge is -2.32. The highest BCUT2D eigenvalue weighted by Crippen LogP contribution is 2.20. The van der Waals surface area contributed by atoms with Crippen molar-refractivity contribution in [1.29, 1.82) is 0 Å². The molecule has 0 aromatic carbocycles. The molecule has 0 radical (unpaired) electrons. The van der Waals surface area contributed by atoms with E-state index >= 15 is 0 Å². The number of piperidine rings is 1. The summed E-state index contributed by atoms with van der Waals surface area (Å²) < 4.78 is 0. The minimum atomic E-state index is 0.136. The average Bonchev–Trinajstić information content (AvgIpc) is 2.52. The molecule has 0 spiro atoms. The molecule has 1 saturated heterocycles. The van der Waals surface area contributed by atoms with Crippen LogP contribution in [0.5, 0.6) is 0 Å². The Balaban J connectivity index is 1.69. The number of aromatic nitrogens is 1. The van der Waals surface area contributed by atoms with E-state index in [1.54, 1.807) is 6.08 Å². The van der Waals surface area contributed by atoms with Crippen LogP contribution in [0.25, 0.3) is 0 Å². The smallest absolute Gasteiger partial charge is 0.220 e. The Kier molecular flexibility index (Phi) is 5.59. The van der Waals surface area contributed by atoms with Gasteiger partial charge in [0.15, 0.2) is 0 Å². The van der Waals surface area contributed by atoms with E-state index in [1.807, 2.05) is 18.3 Å². The normalized spacial score (nSPS) is 15.9. The summed E-state index contributed by atoms with van der Waals surface area (Å²) in [6.07, 6.45) is 7.14. The van der Waals surface area contributed by atoms with Crippen LogP contribution < -0.4 is 10.2 Å². The second-order valence-corrected chi connectivity index (χ2v) is 5.25. The minimum Gasteiger partial charge on any atom is -0.357 e. The first-order valence-electron chi connectivity index (χ1n) is 7.33. The molecule has 1 aliphatic rings. The van der Waals surface area contributed by atoms with Crippen LogP contribution in [0.15, 0.2) is 37.1 Å². The molecule has 1 fully saturated rings. The highest BCUT2D eigenvalue weighted by molar-refractivity contribution is 5.75. The van der Waals surface area contributed by atoms with Gasteiger partial charge in [-0.3, -0.25) is 4.79 Å². The van der Waals surface area contributed by atoms with E-state index in [0.29, 0.717) is 12.3 Å². The first kappa shape index (κ1) is 14.6. The third kappa shape index (κ3) is 4.37. The molecule has 0 aliphatic carbocycles. The van der Waals surface area contributed by atoms with Crippen molar-refractivity contribution in [2.75, 3.05) is 24.5 Å². The van der Waals surface area contributed by atoms with Crippen molar-refractivity contribution in [3.63, 3.8) is 0 Å². The topological polar surface area (TPSA) is 45.2 Å². The average molecular weight is 273 g/mol. The number of carbonyl (C=O) groups is 1. The summed E-state index contributed by atoms with van der Waals surface area (Å²) in [4.78, 5) is 18.2. The standard InChI is InChI=1S/C16H23N3O/c1-2-3-7-16(20)18-13-14-8-11-19(12-9-14)15-6-4-5-10-17-15/h2,4-6,10,14H,1,3,7-9,11-13H2,(H,18,20). The Morgan fingerprint density at radius 1 is 1.45 bits per heavy atom. The maximum absolute atomic E-state index is 11.6. The third-order valence-electron chi connectivity index (χ3n) is 3.75. The van der Waals surface area contributed by atoms with Gasteiger partial charge in [-0.2, -0.15) is 0 Å². The molecule has 20 heavy (non-hydrogen) atoms. The van der Waals surface area contributed by atoms with E-state index < -0.39 is 0 Å². The van der Waals surface area contributed by atoms with Gasteiger partial charge < -0.3 is 10.2 Å². The molecule has 108 valence electrons. The Labute approximate surface area is 120 Å². The lowest BCUT2D eigenvalue weighted by atomic mass is 9.96. The van der Waals surface area contributed by atoms with Crippen molar-refractivity contribution >= 4 is 11.7 Å². The number of nitrogens with zero attached hydrogens (tertiary/aromatic N) is 2. The van der Waals surface area contributed by atoms with Gasteiger partial charge >= 0.3 is 0 Å². The van der Waals surface area contributed by atoms with E-state index in [0.717, 1.165) is 44.7 Å². The number of hydrogen-bond acceptors (Lipinski definition) is 3. The molecule has 1 aromatic heterocycles. The van der Waals surface area contributed by atoms with Crippen molar-refractivity contribution in [3.05, 3.63) is 37.1 Å². The molecule has 0 bridgehead atoms. The van der Waals surface area contributed by atoms with Crippen molar-refractivity contribution in [3.8, 4) is 0 Å². The molecular formula is C16H23N3O. The van der Waals surface area contributed by atoms with Crippen LogP contribution in [0.3, 0.4) is 0 Å². The quantitative estimate of drug-likeness (QED) is 0.809. The van der Waals surface area contributed by atoms with E-state index in [9.17, 15) is 4.79 Å². The van der Waals surface area contributed by atoms with Crippen LogP contribution in [-0.4, -0.2) is 30.5 Å². The number of nitrogens with one attached hydrogen (secondary N) is 1. The Morgan fingerprint density at radius 3 is 2.90 bits per heavy atom. The van der Waals surface area contributed by atoms with Gasteiger partial charge in [0.2, 0.25) is 5.91 Å². The molecule has 0 saturated carbocycles. The second-order valence-electron chi connectivity index (χ2n) is 5.25. The van der Waals surface area contributed by atoms with Crippen LogP contribution in [0.1, 0.15) is 25.7 Å². The molecule has 4 heteroatoms. The Hall–Kier alpha value is -1.84. The zero-order valence-corrected chi connectivity index (χ0v) is 11.9. The fraction of sp³-hybridized carbons (Fsp3) is 0.500. The number of carbonyl (C=O) groups excluding carboxylic acids is 1. The van der Waals surface area contributed by atoms with Gasteiger partial charge in [0.05, 0.1) is 0 Å². The lowest BCUT2D eigenvalue weighted by molar-refractivity contribution is -0.121. The van der Waals surface area contributed by atoms with Crippen molar-refractivity contribution in [2.45, 2.75) is 25.7 Å². The fourth-order valence-electron chi connectivity index (χ4n) is 2.49. The summed E-state index contributed by atoms with van der Waals surface area (Å²) in [7, 11) is 0. The van der Waals surface area contributed by atoms with Crippen molar-refractivity contribution in [2.24, 2.45) is 5.92 Å². The van der Waals surface area contributed by atoms with Crippen LogP contribution in [-0.2, 0) is 4.79 Å². The van der Waals surface area contributed by atoms with Gasteiger partial charge in [0.25, 0.3) is 0 Å². The summed E-state index contributed by atoms with van der Waals surface area (Å²) in [5, 5.41) is 3.02. The predicted octanol–water partition coefficient (Wildman–Crippen LogP) is 2.38. The Morgan fingerprint density at radius 2 is 2.25 bits per heavy atom. The lowest BCUT2D eigenvalue weighted by Crippen LogP contribution is -2.38. The van der Waals surface area contributed by atoms with Gasteiger partial charge in [-0.15, -0.1) is 6.58 Å². The van der Waals surface area contributed by atoms with E-state index in [-0.39, 0.29) is 5.91 Å². The fourth-order valence-corrected chi connectivity index (χ4v) is 2.49. The zero-order valence-electron chi connectivity index (χ0n) is 11.9. The van der Waals surface area contributed by atoms with Crippen LogP contribution in [0.2, 0.25) is 0 Å². The van der Waals surface area contributed by atoms with Crippen LogP contribution >= 0.6 is 0 Å².